The Morgan fingerprint density at radius 1 is 0.829 bits per heavy atom. The highest BCUT2D eigenvalue weighted by atomic mass is 16.5. The Hall–Kier alpha value is -5.15. The van der Waals surface area contributed by atoms with Crippen LogP contribution in [0.3, 0.4) is 0 Å². The van der Waals surface area contributed by atoms with Crippen molar-refractivity contribution >= 4 is 18.3 Å². The van der Waals surface area contributed by atoms with Gasteiger partial charge in [0.15, 0.2) is 6.04 Å². The van der Waals surface area contributed by atoms with Gasteiger partial charge in [0.2, 0.25) is 0 Å². The van der Waals surface area contributed by atoms with Gasteiger partial charge in [-0.15, -0.1) is 0 Å². The number of amides is 1. The van der Waals surface area contributed by atoms with Gasteiger partial charge in [0.05, 0.1) is 13.2 Å². The summed E-state index contributed by atoms with van der Waals surface area (Å²) in [5.41, 5.74) is 7.16. The molecule has 1 amide bonds. The Bertz CT molecular complexity index is 1570. The molecule has 41 heavy (non-hydrogen) atoms. The molecule has 4 aromatic rings. The molecule has 5 rings (SSSR count). The molecule has 0 bridgehead atoms. The van der Waals surface area contributed by atoms with Gasteiger partial charge in [0, 0.05) is 23.3 Å². The predicted molar refractivity (Wildman–Crippen MR) is 160 cm³/mol. The van der Waals surface area contributed by atoms with Gasteiger partial charge in [-0.2, -0.15) is 0 Å². The van der Waals surface area contributed by atoms with Crippen molar-refractivity contribution in [2.75, 3.05) is 13.7 Å². The van der Waals surface area contributed by atoms with Gasteiger partial charge in [0.1, 0.15) is 6.61 Å². The molecule has 4 aromatic carbocycles. The zero-order valence-electron chi connectivity index (χ0n) is 22.9. The summed E-state index contributed by atoms with van der Waals surface area (Å²) in [6, 6.07) is 32.0. The van der Waals surface area contributed by atoms with Gasteiger partial charge < -0.3 is 14.8 Å². The van der Waals surface area contributed by atoms with Crippen LogP contribution in [0.25, 0.3) is 11.1 Å². The van der Waals surface area contributed by atoms with E-state index in [9.17, 15) is 9.59 Å². The summed E-state index contributed by atoms with van der Waals surface area (Å²) in [5, 5.41) is 2.75. The number of carbonyl (C=O) groups is 2. The molecular weight excluding hydrogens is 512 g/mol. The summed E-state index contributed by atoms with van der Waals surface area (Å²) < 4.78 is 10.6. The molecule has 1 aliphatic rings. The zero-order valence-corrected chi connectivity index (χ0v) is 22.9. The second kappa shape index (κ2) is 12.8. The largest absolute Gasteiger partial charge is 0.467 e. The lowest BCUT2D eigenvalue weighted by Gasteiger charge is -2.20. The van der Waals surface area contributed by atoms with E-state index in [1.54, 1.807) is 13.1 Å². The molecule has 0 saturated heterocycles. The first-order chi connectivity index (χ1) is 20.0. The number of carbonyl (C=O) groups excluding carboxylic acids is 2. The van der Waals surface area contributed by atoms with Crippen LogP contribution in [0, 0.1) is 11.8 Å². The first kappa shape index (κ1) is 27.4. The quantitative estimate of drug-likeness (QED) is 0.177. The van der Waals surface area contributed by atoms with E-state index in [0.29, 0.717) is 0 Å². The SMILES string of the molecule is COC(=O)[C@@H](N=Cc1ccc(C#Cc2ccccc2)cc1)[C@H](C)NC(=O)OCC1c2ccccc2-c2ccccc21. The molecule has 0 heterocycles. The molecule has 0 aromatic heterocycles. The maximum Gasteiger partial charge on any atom is 0.407 e. The summed E-state index contributed by atoms with van der Waals surface area (Å²) in [6.45, 7) is 1.88. The highest BCUT2D eigenvalue weighted by Gasteiger charge is 2.30. The van der Waals surface area contributed by atoms with Crippen LogP contribution in [0.15, 0.2) is 108 Å². The minimum absolute atomic E-state index is 0.0572. The summed E-state index contributed by atoms with van der Waals surface area (Å²) in [7, 11) is 1.30. The van der Waals surface area contributed by atoms with Gasteiger partial charge in [-0.25, -0.2) is 9.59 Å². The number of aliphatic imine (C=N–C) groups is 1. The molecule has 6 heteroatoms. The van der Waals surface area contributed by atoms with Crippen LogP contribution in [0.4, 0.5) is 4.79 Å². The van der Waals surface area contributed by atoms with E-state index < -0.39 is 24.1 Å². The highest BCUT2D eigenvalue weighted by molar-refractivity contribution is 5.85. The lowest BCUT2D eigenvalue weighted by molar-refractivity contribution is -0.142. The fourth-order valence-electron chi connectivity index (χ4n) is 4.90. The van der Waals surface area contributed by atoms with E-state index in [-0.39, 0.29) is 12.5 Å². The number of hydrogen-bond donors (Lipinski definition) is 1. The Kier molecular flexibility index (Phi) is 8.56. The smallest absolute Gasteiger partial charge is 0.407 e. The van der Waals surface area contributed by atoms with Crippen molar-refractivity contribution in [3.8, 4) is 23.0 Å². The number of methoxy groups -OCH3 is 1. The average molecular weight is 543 g/mol. The number of hydrogen-bond acceptors (Lipinski definition) is 5. The molecule has 1 N–H and O–H groups in total. The van der Waals surface area contributed by atoms with E-state index in [2.05, 4.69) is 46.4 Å². The minimum atomic E-state index is -0.946. The molecule has 0 spiro atoms. The second-order valence-electron chi connectivity index (χ2n) is 9.74. The lowest BCUT2D eigenvalue weighted by Crippen LogP contribution is -2.45. The van der Waals surface area contributed by atoms with Crippen molar-refractivity contribution in [2.45, 2.75) is 24.9 Å². The van der Waals surface area contributed by atoms with Gasteiger partial charge in [0.25, 0.3) is 0 Å². The average Bonchev–Trinajstić information content (AvgIpc) is 3.33. The van der Waals surface area contributed by atoms with Crippen LogP contribution < -0.4 is 5.32 Å². The van der Waals surface area contributed by atoms with Crippen LogP contribution in [0.2, 0.25) is 0 Å². The lowest BCUT2D eigenvalue weighted by atomic mass is 9.98. The van der Waals surface area contributed by atoms with Gasteiger partial charge in [-0.3, -0.25) is 4.99 Å². The molecule has 0 aliphatic heterocycles. The van der Waals surface area contributed by atoms with Crippen molar-refractivity contribution in [3.05, 3.63) is 131 Å². The monoisotopic (exact) mass is 542 g/mol. The van der Waals surface area contributed by atoms with E-state index >= 15 is 0 Å². The van der Waals surface area contributed by atoms with Crippen molar-refractivity contribution in [3.63, 3.8) is 0 Å². The summed E-state index contributed by atoms with van der Waals surface area (Å²) >= 11 is 0. The molecule has 0 radical (unpaired) electrons. The molecule has 2 atom stereocenters. The van der Waals surface area contributed by atoms with E-state index in [1.165, 1.54) is 7.11 Å². The number of nitrogens with one attached hydrogen (secondary N) is 1. The van der Waals surface area contributed by atoms with Crippen molar-refractivity contribution in [1.82, 2.24) is 5.32 Å². The van der Waals surface area contributed by atoms with E-state index in [4.69, 9.17) is 9.47 Å². The van der Waals surface area contributed by atoms with E-state index in [1.807, 2.05) is 78.9 Å². The zero-order chi connectivity index (χ0) is 28.6. The van der Waals surface area contributed by atoms with Crippen LogP contribution in [0.5, 0.6) is 0 Å². The standard InChI is InChI=1S/C35H30N2O4/c1-24(37-35(39)41-23-32-30-14-8-6-12-28(30)29-13-7-9-15-31(29)32)33(34(38)40-2)36-22-27-20-18-26(19-21-27)17-16-25-10-4-3-5-11-25/h3-15,18-22,24,32-33H,23H2,1-2H3,(H,37,39)/t24-,33-/m0/s1. The fraction of sp³-hybridized carbons (Fsp3) is 0.171. The van der Waals surface area contributed by atoms with Crippen LogP contribution in [-0.4, -0.2) is 44.1 Å². The predicted octanol–water partition coefficient (Wildman–Crippen LogP) is 5.97. The fourth-order valence-corrected chi connectivity index (χ4v) is 4.90. The summed E-state index contributed by atoms with van der Waals surface area (Å²) in [4.78, 5) is 29.7. The number of nitrogens with zero attached hydrogens (tertiary/aromatic N) is 1. The van der Waals surface area contributed by atoms with Crippen molar-refractivity contribution < 1.29 is 19.1 Å². The first-order valence-electron chi connectivity index (χ1n) is 13.4. The second-order valence-corrected chi connectivity index (χ2v) is 9.74. The Balaban J connectivity index is 1.21. The molecule has 0 saturated carbocycles. The van der Waals surface area contributed by atoms with Crippen LogP contribution >= 0.6 is 0 Å². The van der Waals surface area contributed by atoms with Gasteiger partial charge in [-0.05, 0) is 59.0 Å². The Morgan fingerprint density at radius 2 is 1.39 bits per heavy atom. The number of esters is 1. The molecule has 0 unspecified atom stereocenters. The maximum absolute atomic E-state index is 12.8. The third-order valence-corrected chi connectivity index (χ3v) is 7.03. The normalized spacial score (nSPS) is 13.3. The summed E-state index contributed by atoms with van der Waals surface area (Å²) in [5.74, 6) is 5.65. The molecule has 1 aliphatic carbocycles. The third-order valence-electron chi connectivity index (χ3n) is 7.03. The van der Waals surface area contributed by atoms with Crippen LogP contribution in [0.1, 0.15) is 40.7 Å². The summed E-state index contributed by atoms with van der Waals surface area (Å²) in [6.07, 6.45) is 0.969. The van der Waals surface area contributed by atoms with Gasteiger partial charge >= 0.3 is 12.1 Å². The minimum Gasteiger partial charge on any atom is -0.467 e. The molecule has 204 valence electrons. The molecule has 6 nitrogen and oxygen atoms in total. The highest BCUT2D eigenvalue weighted by Crippen LogP contribution is 2.44. The third kappa shape index (κ3) is 6.54. The Morgan fingerprint density at radius 3 is 2.00 bits per heavy atom. The van der Waals surface area contributed by atoms with Crippen LogP contribution in [-0.2, 0) is 14.3 Å². The number of rotatable bonds is 7. The van der Waals surface area contributed by atoms with Crippen molar-refractivity contribution in [1.29, 1.82) is 0 Å². The molecule has 0 fully saturated rings. The number of ether oxygens (including phenoxy) is 2. The molecular formula is C35H30N2O4. The topological polar surface area (TPSA) is 77.0 Å². The van der Waals surface area contributed by atoms with Gasteiger partial charge in [-0.1, -0.05) is 90.7 Å². The number of fused-ring (bicyclic) bond motifs is 3. The number of alkyl carbamates (subject to hydrolysis) is 1. The maximum atomic E-state index is 12.8. The van der Waals surface area contributed by atoms with Crippen molar-refractivity contribution in [2.24, 2.45) is 4.99 Å². The first-order valence-corrected chi connectivity index (χ1v) is 13.4. The Labute approximate surface area is 240 Å². The van der Waals surface area contributed by atoms with E-state index in [0.717, 1.165) is 38.9 Å². The number of benzene rings is 4.